The molecule has 6 heteroatoms. The summed E-state index contributed by atoms with van der Waals surface area (Å²) in [4.78, 5) is 1.64. The number of nitrogens with zero attached hydrogens (tertiary/aromatic N) is 1. The van der Waals surface area contributed by atoms with Gasteiger partial charge < -0.3 is 4.90 Å². The van der Waals surface area contributed by atoms with Crippen molar-refractivity contribution in [2.24, 2.45) is 0 Å². The van der Waals surface area contributed by atoms with E-state index in [4.69, 9.17) is 11.6 Å². The number of halogens is 5. The zero-order valence-electron chi connectivity index (χ0n) is 9.90. The Hall–Kier alpha value is -0.970. The minimum Gasteiger partial charge on any atom is -0.368 e. The maximum absolute atomic E-state index is 13.7. The summed E-state index contributed by atoms with van der Waals surface area (Å²) in [5.74, 6) is -0.580. The average molecular weight is 284 g/mol. The molecule has 0 aliphatic rings. The zero-order valence-corrected chi connectivity index (χ0v) is 10.7. The molecule has 1 rings (SSSR count). The van der Waals surface area contributed by atoms with E-state index in [0.29, 0.717) is 25.0 Å². The number of hydrogen-bond donors (Lipinski definition) is 0. The van der Waals surface area contributed by atoms with E-state index in [1.54, 1.807) is 4.90 Å². The summed E-state index contributed by atoms with van der Waals surface area (Å²) < 4.78 is 50.9. The van der Waals surface area contributed by atoms with Gasteiger partial charge in [0.25, 0.3) is 0 Å². The number of benzene rings is 1. The van der Waals surface area contributed by atoms with Gasteiger partial charge in [0.05, 0.1) is 11.3 Å². The standard InChI is InChI=1S/C12H14ClF4N/c1-2-6-18(7-5-13)11-4-3-9(8-10(11)14)12(15,16)17/h3-4,8H,2,5-7H2,1H3. The molecule has 1 nitrogen and oxygen atoms in total. The molecule has 0 amide bonds. The summed E-state index contributed by atoms with van der Waals surface area (Å²) in [6.07, 6.45) is -3.77. The van der Waals surface area contributed by atoms with Crippen molar-refractivity contribution in [1.29, 1.82) is 0 Å². The molecule has 0 unspecified atom stereocenters. The van der Waals surface area contributed by atoms with Gasteiger partial charge in [-0.3, -0.25) is 0 Å². The van der Waals surface area contributed by atoms with Crippen molar-refractivity contribution in [3.8, 4) is 0 Å². The van der Waals surface area contributed by atoms with E-state index in [-0.39, 0.29) is 5.69 Å². The van der Waals surface area contributed by atoms with E-state index in [1.165, 1.54) is 0 Å². The molecule has 0 bridgehead atoms. The van der Waals surface area contributed by atoms with Crippen LogP contribution in [0.4, 0.5) is 23.2 Å². The molecule has 0 aromatic heterocycles. The van der Waals surface area contributed by atoms with Crippen molar-refractivity contribution in [1.82, 2.24) is 0 Å². The molecule has 1 aromatic carbocycles. The molecule has 0 aliphatic carbocycles. The van der Waals surface area contributed by atoms with Gasteiger partial charge in [0.15, 0.2) is 0 Å². The third-order valence-electron chi connectivity index (χ3n) is 2.46. The van der Waals surface area contributed by atoms with Crippen LogP contribution < -0.4 is 4.90 Å². The van der Waals surface area contributed by atoms with Crippen molar-refractivity contribution >= 4 is 17.3 Å². The van der Waals surface area contributed by atoms with Gasteiger partial charge in [-0.1, -0.05) is 6.92 Å². The molecular weight excluding hydrogens is 270 g/mol. The molecule has 0 spiro atoms. The highest BCUT2D eigenvalue weighted by Gasteiger charge is 2.31. The van der Waals surface area contributed by atoms with Gasteiger partial charge in [0, 0.05) is 19.0 Å². The minimum absolute atomic E-state index is 0.158. The highest BCUT2D eigenvalue weighted by molar-refractivity contribution is 6.18. The molecule has 0 atom stereocenters. The SMILES string of the molecule is CCCN(CCCl)c1ccc(C(F)(F)F)cc1F. The fourth-order valence-electron chi connectivity index (χ4n) is 1.66. The fourth-order valence-corrected chi connectivity index (χ4v) is 1.87. The molecule has 0 saturated carbocycles. The van der Waals surface area contributed by atoms with E-state index in [1.807, 2.05) is 6.92 Å². The molecule has 0 fully saturated rings. The molecular formula is C12H14ClF4N. The molecule has 18 heavy (non-hydrogen) atoms. The van der Waals surface area contributed by atoms with Crippen molar-refractivity contribution in [3.05, 3.63) is 29.6 Å². The number of rotatable bonds is 5. The normalized spacial score (nSPS) is 11.7. The van der Waals surface area contributed by atoms with Crippen LogP contribution in [0.15, 0.2) is 18.2 Å². The first-order chi connectivity index (χ1) is 8.40. The Labute approximate surface area is 108 Å². The Balaban J connectivity index is 3.03. The monoisotopic (exact) mass is 283 g/mol. The largest absolute Gasteiger partial charge is 0.416 e. The summed E-state index contributed by atoms with van der Waals surface area (Å²) in [6, 6.07) is 2.56. The molecule has 0 N–H and O–H groups in total. The van der Waals surface area contributed by atoms with Gasteiger partial charge in [0.2, 0.25) is 0 Å². The van der Waals surface area contributed by atoms with Crippen LogP contribution in [0.2, 0.25) is 0 Å². The van der Waals surface area contributed by atoms with E-state index >= 15 is 0 Å². The van der Waals surface area contributed by atoms with Gasteiger partial charge in [-0.25, -0.2) is 4.39 Å². The summed E-state index contributed by atoms with van der Waals surface area (Å²) in [7, 11) is 0. The smallest absolute Gasteiger partial charge is 0.368 e. The zero-order chi connectivity index (χ0) is 13.8. The van der Waals surface area contributed by atoms with Gasteiger partial charge in [0.1, 0.15) is 5.82 Å². The lowest BCUT2D eigenvalue weighted by Crippen LogP contribution is -2.27. The Kier molecular flexibility index (Phi) is 5.26. The maximum atomic E-state index is 13.7. The highest BCUT2D eigenvalue weighted by Crippen LogP contribution is 2.32. The molecule has 0 radical (unpaired) electrons. The van der Waals surface area contributed by atoms with E-state index < -0.39 is 17.6 Å². The Morgan fingerprint density at radius 3 is 2.33 bits per heavy atom. The van der Waals surface area contributed by atoms with Crippen LogP contribution in [-0.2, 0) is 6.18 Å². The molecule has 102 valence electrons. The van der Waals surface area contributed by atoms with Crippen molar-refractivity contribution in [3.63, 3.8) is 0 Å². The molecule has 0 saturated heterocycles. The fraction of sp³-hybridized carbons (Fsp3) is 0.500. The van der Waals surface area contributed by atoms with Crippen LogP contribution in [0.3, 0.4) is 0 Å². The summed E-state index contributed by atoms with van der Waals surface area (Å²) in [5, 5.41) is 0. The van der Waals surface area contributed by atoms with Crippen LogP contribution in [0.25, 0.3) is 0 Å². The minimum atomic E-state index is -4.53. The lowest BCUT2D eigenvalue weighted by atomic mass is 10.1. The Morgan fingerprint density at radius 2 is 1.89 bits per heavy atom. The second-order valence-corrected chi connectivity index (χ2v) is 4.22. The second-order valence-electron chi connectivity index (χ2n) is 3.84. The van der Waals surface area contributed by atoms with Gasteiger partial charge in [-0.15, -0.1) is 11.6 Å². The average Bonchev–Trinajstić information content (AvgIpc) is 2.27. The predicted molar refractivity (Wildman–Crippen MR) is 64.6 cm³/mol. The van der Waals surface area contributed by atoms with E-state index in [2.05, 4.69) is 0 Å². The van der Waals surface area contributed by atoms with Crippen LogP contribution in [0, 0.1) is 5.82 Å². The van der Waals surface area contributed by atoms with Gasteiger partial charge in [-0.05, 0) is 24.6 Å². The Bertz CT molecular complexity index is 386. The molecule has 1 aromatic rings. The quantitative estimate of drug-likeness (QED) is 0.575. The number of alkyl halides is 4. The predicted octanol–water partition coefficient (Wildman–Crippen LogP) is 4.30. The first-order valence-electron chi connectivity index (χ1n) is 5.57. The summed E-state index contributed by atoms with van der Waals surface area (Å²) in [6.45, 7) is 2.86. The lowest BCUT2D eigenvalue weighted by molar-refractivity contribution is -0.137. The lowest BCUT2D eigenvalue weighted by Gasteiger charge is -2.24. The van der Waals surface area contributed by atoms with Gasteiger partial charge in [-0.2, -0.15) is 13.2 Å². The van der Waals surface area contributed by atoms with Crippen LogP contribution in [-0.4, -0.2) is 19.0 Å². The maximum Gasteiger partial charge on any atom is 0.416 e. The summed E-state index contributed by atoms with van der Waals surface area (Å²) in [5.41, 5.74) is -0.823. The van der Waals surface area contributed by atoms with Crippen molar-refractivity contribution in [2.45, 2.75) is 19.5 Å². The highest BCUT2D eigenvalue weighted by atomic mass is 35.5. The van der Waals surface area contributed by atoms with Crippen molar-refractivity contribution < 1.29 is 17.6 Å². The van der Waals surface area contributed by atoms with E-state index in [9.17, 15) is 17.6 Å². The first-order valence-corrected chi connectivity index (χ1v) is 6.11. The Morgan fingerprint density at radius 1 is 1.22 bits per heavy atom. The van der Waals surface area contributed by atoms with Crippen LogP contribution in [0.5, 0.6) is 0 Å². The summed E-state index contributed by atoms with van der Waals surface area (Å²) >= 11 is 5.59. The third-order valence-corrected chi connectivity index (χ3v) is 2.63. The molecule has 0 aliphatic heterocycles. The van der Waals surface area contributed by atoms with Crippen LogP contribution in [0.1, 0.15) is 18.9 Å². The number of anilines is 1. The van der Waals surface area contributed by atoms with Crippen LogP contribution >= 0.6 is 11.6 Å². The third kappa shape index (κ3) is 3.77. The molecule has 0 heterocycles. The topological polar surface area (TPSA) is 3.24 Å². The van der Waals surface area contributed by atoms with Gasteiger partial charge >= 0.3 is 6.18 Å². The second kappa shape index (κ2) is 6.27. The number of hydrogen-bond acceptors (Lipinski definition) is 1. The first kappa shape index (κ1) is 15.1. The van der Waals surface area contributed by atoms with Crippen molar-refractivity contribution in [2.75, 3.05) is 23.9 Å². The van der Waals surface area contributed by atoms with E-state index in [0.717, 1.165) is 18.6 Å².